The molecule has 0 aliphatic rings. The van der Waals surface area contributed by atoms with Gasteiger partial charge in [0.2, 0.25) is 5.95 Å². The van der Waals surface area contributed by atoms with E-state index in [1.54, 1.807) is 0 Å². The molecular weight excluding hydrogens is 348 g/mol. The second kappa shape index (κ2) is 9.85. The summed E-state index contributed by atoms with van der Waals surface area (Å²) in [6.45, 7) is 4.94. The predicted octanol–water partition coefficient (Wildman–Crippen LogP) is 4.23. The first-order chi connectivity index (χ1) is 13.7. The van der Waals surface area contributed by atoms with Gasteiger partial charge in [0.15, 0.2) is 0 Å². The summed E-state index contributed by atoms with van der Waals surface area (Å²) in [5.41, 5.74) is 3.16. The molecule has 2 aromatic carbocycles. The van der Waals surface area contributed by atoms with E-state index in [0.717, 1.165) is 30.0 Å². The lowest BCUT2D eigenvalue weighted by atomic mass is 10.1. The molecule has 0 saturated carbocycles. The van der Waals surface area contributed by atoms with Crippen LogP contribution in [0.25, 0.3) is 11.3 Å². The number of anilines is 2. The minimum atomic E-state index is -0.0943. The van der Waals surface area contributed by atoms with Crippen LogP contribution in [0.2, 0.25) is 0 Å². The van der Waals surface area contributed by atoms with Gasteiger partial charge in [0, 0.05) is 18.2 Å². The zero-order valence-electron chi connectivity index (χ0n) is 16.5. The Hall–Kier alpha value is -2.92. The van der Waals surface area contributed by atoms with Gasteiger partial charge in [-0.1, -0.05) is 74.5 Å². The summed E-state index contributed by atoms with van der Waals surface area (Å²) in [6.07, 6.45) is 0.916. The quantitative estimate of drug-likeness (QED) is 0.521. The molecule has 146 valence electrons. The standard InChI is InChI=1S/C23H28N4O/c1-17(2)21(16-28)26-23-25-20(19-11-7-4-8-12-19)15-22(27-23)24-14-13-18-9-5-3-6-10-18/h3-12,15,17,21,28H,13-14,16H2,1-2H3,(H2,24,25,26,27)/t21-/m1/s1. The van der Waals surface area contributed by atoms with Crippen LogP contribution < -0.4 is 10.6 Å². The average molecular weight is 377 g/mol. The van der Waals surface area contributed by atoms with Crippen molar-refractivity contribution in [2.75, 3.05) is 23.8 Å². The Balaban J connectivity index is 1.80. The molecule has 0 aliphatic carbocycles. The monoisotopic (exact) mass is 376 g/mol. The fourth-order valence-corrected chi connectivity index (χ4v) is 2.93. The maximum Gasteiger partial charge on any atom is 0.225 e. The van der Waals surface area contributed by atoms with Crippen LogP contribution in [-0.4, -0.2) is 34.3 Å². The summed E-state index contributed by atoms with van der Waals surface area (Å²) >= 11 is 0. The second-order valence-corrected chi connectivity index (χ2v) is 7.17. The molecule has 0 spiro atoms. The molecule has 0 unspecified atom stereocenters. The molecule has 3 rings (SSSR count). The van der Waals surface area contributed by atoms with Crippen LogP contribution in [0.3, 0.4) is 0 Å². The Bertz CT molecular complexity index is 853. The minimum Gasteiger partial charge on any atom is -0.394 e. The lowest BCUT2D eigenvalue weighted by Gasteiger charge is -2.20. The fourth-order valence-electron chi connectivity index (χ4n) is 2.93. The van der Waals surface area contributed by atoms with E-state index in [-0.39, 0.29) is 18.6 Å². The summed E-state index contributed by atoms with van der Waals surface area (Å²) in [5.74, 6) is 1.56. The number of aromatic nitrogens is 2. The lowest BCUT2D eigenvalue weighted by Crippen LogP contribution is -2.30. The first-order valence-electron chi connectivity index (χ1n) is 9.75. The Morgan fingerprint density at radius 3 is 2.25 bits per heavy atom. The maximum absolute atomic E-state index is 9.65. The van der Waals surface area contributed by atoms with Crippen molar-refractivity contribution in [2.45, 2.75) is 26.3 Å². The van der Waals surface area contributed by atoms with Gasteiger partial charge in [0.25, 0.3) is 0 Å². The Morgan fingerprint density at radius 1 is 0.929 bits per heavy atom. The number of rotatable bonds is 9. The van der Waals surface area contributed by atoms with Gasteiger partial charge in [-0.2, -0.15) is 4.98 Å². The highest BCUT2D eigenvalue weighted by molar-refractivity contribution is 5.64. The number of hydrogen-bond donors (Lipinski definition) is 3. The van der Waals surface area contributed by atoms with Gasteiger partial charge in [-0.05, 0) is 17.9 Å². The highest BCUT2D eigenvalue weighted by atomic mass is 16.3. The van der Waals surface area contributed by atoms with Crippen LogP contribution in [0.1, 0.15) is 19.4 Å². The molecule has 0 radical (unpaired) electrons. The second-order valence-electron chi connectivity index (χ2n) is 7.17. The van der Waals surface area contributed by atoms with Crippen LogP contribution in [0.4, 0.5) is 11.8 Å². The number of benzene rings is 2. The average Bonchev–Trinajstić information content (AvgIpc) is 2.73. The first-order valence-corrected chi connectivity index (χ1v) is 9.75. The zero-order valence-corrected chi connectivity index (χ0v) is 16.5. The van der Waals surface area contributed by atoms with Gasteiger partial charge in [0.05, 0.1) is 18.3 Å². The van der Waals surface area contributed by atoms with E-state index >= 15 is 0 Å². The molecule has 1 heterocycles. The third kappa shape index (κ3) is 5.54. The van der Waals surface area contributed by atoms with Crippen molar-refractivity contribution in [3.05, 3.63) is 72.3 Å². The van der Waals surface area contributed by atoms with Gasteiger partial charge < -0.3 is 15.7 Å². The van der Waals surface area contributed by atoms with Crippen molar-refractivity contribution in [2.24, 2.45) is 5.92 Å². The van der Waals surface area contributed by atoms with E-state index in [1.165, 1.54) is 5.56 Å². The molecule has 3 aromatic rings. The Morgan fingerprint density at radius 2 is 1.61 bits per heavy atom. The number of aliphatic hydroxyl groups is 1. The van der Waals surface area contributed by atoms with Crippen molar-refractivity contribution in [3.63, 3.8) is 0 Å². The summed E-state index contributed by atoms with van der Waals surface area (Å²) < 4.78 is 0. The molecular formula is C23H28N4O. The summed E-state index contributed by atoms with van der Waals surface area (Å²) in [7, 11) is 0. The molecule has 1 aromatic heterocycles. The number of nitrogens with one attached hydrogen (secondary N) is 2. The molecule has 0 bridgehead atoms. The Kier molecular flexibility index (Phi) is 6.98. The van der Waals surface area contributed by atoms with E-state index < -0.39 is 0 Å². The molecule has 0 aliphatic heterocycles. The molecule has 3 N–H and O–H groups in total. The summed E-state index contributed by atoms with van der Waals surface area (Å²) in [5, 5.41) is 16.3. The van der Waals surface area contributed by atoms with E-state index in [4.69, 9.17) is 0 Å². The smallest absolute Gasteiger partial charge is 0.225 e. The molecule has 5 heteroatoms. The topological polar surface area (TPSA) is 70.1 Å². The van der Waals surface area contributed by atoms with Gasteiger partial charge in [-0.3, -0.25) is 0 Å². The number of aliphatic hydroxyl groups excluding tert-OH is 1. The van der Waals surface area contributed by atoms with E-state index in [9.17, 15) is 5.11 Å². The lowest BCUT2D eigenvalue weighted by molar-refractivity contribution is 0.248. The van der Waals surface area contributed by atoms with Gasteiger partial charge in [0.1, 0.15) is 5.82 Å². The predicted molar refractivity (Wildman–Crippen MR) is 115 cm³/mol. The normalized spacial score (nSPS) is 12.0. The highest BCUT2D eigenvalue weighted by Gasteiger charge is 2.15. The third-order valence-corrected chi connectivity index (χ3v) is 4.67. The van der Waals surface area contributed by atoms with Crippen LogP contribution in [0, 0.1) is 5.92 Å². The van der Waals surface area contributed by atoms with Crippen LogP contribution >= 0.6 is 0 Å². The largest absolute Gasteiger partial charge is 0.394 e. The number of nitrogens with zero attached hydrogens (tertiary/aromatic N) is 2. The molecule has 0 saturated heterocycles. The SMILES string of the molecule is CC(C)[C@@H](CO)Nc1nc(NCCc2ccccc2)cc(-c2ccccc2)n1. The van der Waals surface area contributed by atoms with E-state index in [0.29, 0.717) is 5.95 Å². The van der Waals surface area contributed by atoms with Crippen LogP contribution in [0.5, 0.6) is 0 Å². The van der Waals surface area contributed by atoms with Gasteiger partial charge in [-0.25, -0.2) is 4.98 Å². The number of hydrogen-bond acceptors (Lipinski definition) is 5. The zero-order chi connectivity index (χ0) is 19.8. The van der Waals surface area contributed by atoms with Crippen molar-refractivity contribution >= 4 is 11.8 Å². The van der Waals surface area contributed by atoms with E-state index in [1.807, 2.05) is 42.5 Å². The maximum atomic E-state index is 9.65. The van der Waals surface area contributed by atoms with Gasteiger partial charge in [-0.15, -0.1) is 0 Å². The fraction of sp³-hybridized carbons (Fsp3) is 0.304. The van der Waals surface area contributed by atoms with E-state index in [2.05, 4.69) is 58.7 Å². The van der Waals surface area contributed by atoms with Crippen LogP contribution in [0.15, 0.2) is 66.7 Å². The van der Waals surface area contributed by atoms with Crippen molar-refractivity contribution < 1.29 is 5.11 Å². The Labute approximate surface area is 166 Å². The van der Waals surface area contributed by atoms with Crippen molar-refractivity contribution in [1.82, 2.24) is 9.97 Å². The van der Waals surface area contributed by atoms with Gasteiger partial charge >= 0.3 is 0 Å². The summed E-state index contributed by atoms with van der Waals surface area (Å²) in [6, 6.07) is 22.3. The van der Waals surface area contributed by atoms with Crippen molar-refractivity contribution in [1.29, 1.82) is 0 Å². The first kappa shape index (κ1) is 19.8. The highest BCUT2D eigenvalue weighted by Crippen LogP contribution is 2.22. The molecule has 28 heavy (non-hydrogen) atoms. The molecule has 1 atom stereocenters. The van der Waals surface area contributed by atoms with Crippen LogP contribution in [-0.2, 0) is 6.42 Å². The molecule has 0 fully saturated rings. The molecule has 5 nitrogen and oxygen atoms in total. The van der Waals surface area contributed by atoms with Crippen molar-refractivity contribution in [3.8, 4) is 11.3 Å². The third-order valence-electron chi connectivity index (χ3n) is 4.67. The minimum absolute atomic E-state index is 0.0351. The summed E-state index contributed by atoms with van der Waals surface area (Å²) in [4.78, 5) is 9.28. The molecule has 0 amide bonds.